The van der Waals surface area contributed by atoms with Gasteiger partial charge in [-0.1, -0.05) is 24.3 Å². The summed E-state index contributed by atoms with van der Waals surface area (Å²) in [5.74, 6) is -1.22. The van der Waals surface area contributed by atoms with Gasteiger partial charge in [0, 0.05) is 56.4 Å². The summed E-state index contributed by atoms with van der Waals surface area (Å²) in [7, 11) is -4.06. The molecule has 0 radical (unpaired) electrons. The van der Waals surface area contributed by atoms with Crippen LogP contribution in [-0.4, -0.2) is 74.1 Å². The van der Waals surface area contributed by atoms with Crippen LogP contribution in [0.2, 0.25) is 0 Å². The monoisotopic (exact) mass is 510 g/mol. The molecule has 1 atom stereocenters. The second-order valence-electron chi connectivity index (χ2n) is 8.11. The quantitative estimate of drug-likeness (QED) is 0.383. The Morgan fingerprint density at radius 3 is 2.25 bits per heavy atom. The molecule has 1 amide bonds. The van der Waals surface area contributed by atoms with E-state index in [1.54, 1.807) is 42.7 Å². The molecular formula is C24H26N6O5S. The number of piperazine rings is 1. The van der Waals surface area contributed by atoms with Crippen molar-refractivity contribution in [1.82, 2.24) is 20.0 Å². The predicted octanol–water partition coefficient (Wildman–Crippen LogP) is 0.965. The fourth-order valence-electron chi connectivity index (χ4n) is 3.79. The van der Waals surface area contributed by atoms with Crippen LogP contribution in [-0.2, 0) is 14.8 Å². The maximum Gasteiger partial charge on any atom is 0.323 e. The Morgan fingerprint density at radius 1 is 0.917 bits per heavy atom. The molecule has 12 heteroatoms. The van der Waals surface area contributed by atoms with E-state index in [0.29, 0.717) is 24.6 Å². The van der Waals surface area contributed by atoms with Gasteiger partial charge in [-0.3, -0.25) is 9.59 Å². The van der Waals surface area contributed by atoms with Crippen molar-refractivity contribution in [3.63, 3.8) is 0 Å². The normalized spacial score (nSPS) is 14.8. The molecule has 1 aliphatic heterocycles. The lowest BCUT2D eigenvalue weighted by Gasteiger charge is -2.36. The van der Waals surface area contributed by atoms with Crippen LogP contribution in [0.1, 0.15) is 10.4 Å². The van der Waals surface area contributed by atoms with Crippen molar-refractivity contribution < 1.29 is 23.1 Å². The van der Waals surface area contributed by atoms with Crippen molar-refractivity contribution in [3.8, 4) is 0 Å². The van der Waals surface area contributed by atoms with Crippen molar-refractivity contribution in [2.24, 2.45) is 0 Å². The number of carbonyl (C=O) groups excluding carboxylic acids is 1. The lowest BCUT2D eigenvalue weighted by Crippen LogP contribution is -2.48. The van der Waals surface area contributed by atoms with E-state index < -0.39 is 34.5 Å². The number of hydrogen-bond acceptors (Lipinski definition) is 8. The molecule has 0 spiro atoms. The zero-order valence-corrected chi connectivity index (χ0v) is 20.1. The first-order chi connectivity index (χ1) is 17.3. The largest absolute Gasteiger partial charge is 0.480 e. The van der Waals surface area contributed by atoms with E-state index in [1.165, 1.54) is 24.3 Å². The minimum absolute atomic E-state index is 0.0609. The topological polar surface area (TPSA) is 145 Å². The number of benzene rings is 2. The Morgan fingerprint density at radius 2 is 1.58 bits per heavy atom. The molecule has 0 bridgehead atoms. The van der Waals surface area contributed by atoms with Gasteiger partial charge in [0.25, 0.3) is 5.91 Å². The van der Waals surface area contributed by atoms with Crippen LogP contribution in [0, 0.1) is 0 Å². The van der Waals surface area contributed by atoms with Crippen LogP contribution in [0.3, 0.4) is 0 Å². The van der Waals surface area contributed by atoms with Crippen molar-refractivity contribution in [2.75, 3.05) is 42.5 Å². The summed E-state index contributed by atoms with van der Waals surface area (Å²) in [6.07, 6.45) is 3.41. The summed E-state index contributed by atoms with van der Waals surface area (Å²) in [6, 6.07) is 14.7. The molecule has 36 heavy (non-hydrogen) atoms. The number of sulfonamides is 1. The highest BCUT2D eigenvalue weighted by Gasteiger charge is 2.26. The highest BCUT2D eigenvalue weighted by atomic mass is 32.2. The number of nitrogens with one attached hydrogen (secondary N) is 2. The SMILES string of the molecule is O=C(NCC(NS(=O)(=O)c1ccccc1)C(=O)O)c1cccc(N2CCN(c3ncccn3)CC2)c1. The highest BCUT2D eigenvalue weighted by Crippen LogP contribution is 2.20. The third kappa shape index (κ3) is 6.15. The smallest absolute Gasteiger partial charge is 0.323 e. The fraction of sp³-hybridized carbons (Fsp3) is 0.250. The molecule has 1 fully saturated rings. The zero-order chi connectivity index (χ0) is 25.5. The van der Waals surface area contributed by atoms with Gasteiger partial charge < -0.3 is 20.2 Å². The molecule has 3 aromatic rings. The van der Waals surface area contributed by atoms with Crippen LogP contribution in [0.15, 0.2) is 78.0 Å². The molecule has 1 aromatic heterocycles. The number of amides is 1. The number of nitrogens with zero attached hydrogens (tertiary/aromatic N) is 4. The fourth-order valence-corrected chi connectivity index (χ4v) is 5.00. The Hall–Kier alpha value is -4.03. The average molecular weight is 511 g/mol. The van der Waals surface area contributed by atoms with E-state index in [9.17, 15) is 23.1 Å². The van der Waals surface area contributed by atoms with Gasteiger partial charge in [-0.05, 0) is 36.4 Å². The van der Waals surface area contributed by atoms with Crippen molar-refractivity contribution in [2.45, 2.75) is 10.9 Å². The van der Waals surface area contributed by atoms with E-state index in [1.807, 2.05) is 6.07 Å². The molecule has 4 rings (SSSR count). The summed E-state index contributed by atoms with van der Waals surface area (Å²) >= 11 is 0. The summed E-state index contributed by atoms with van der Waals surface area (Å²) < 4.78 is 27.1. The average Bonchev–Trinajstić information content (AvgIpc) is 2.92. The molecule has 0 aliphatic carbocycles. The van der Waals surface area contributed by atoms with Gasteiger partial charge in [-0.25, -0.2) is 18.4 Å². The summed E-state index contributed by atoms with van der Waals surface area (Å²) in [5, 5.41) is 12.0. The van der Waals surface area contributed by atoms with Crippen LogP contribution in [0.4, 0.5) is 11.6 Å². The number of aliphatic carboxylic acids is 1. The van der Waals surface area contributed by atoms with Gasteiger partial charge >= 0.3 is 5.97 Å². The van der Waals surface area contributed by atoms with Gasteiger partial charge in [0.15, 0.2) is 0 Å². The molecule has 1 aliphatic rings. The van der Waals surface area contributed by atoms with Crippen molar-refractivity contribution >= 4 is 33.5 Å². The molecule has 1 saturated heterocycles. The van der Waals surface area contributed by atoms with E-state index in [2.05, 4.69) is 29.8 Å². The van der Waals surface area contributed by atoms with Crippen LogP contribution in [0.5, 0.6) is 0 Å². The highest BCUT2D eigenvalue weighted by molar-refractivity contribution is 7.89. The molecule has 11 nitrogen and oxygen atoms in total. The Bertz CT molecular complexity index is 1300. The van der Waals surface area contributed by atoms with Gasteiger partial charge in [0.2, 0.25) is 16.0 Å². The first kappa shape index (κ1) is 25.1. The molecule has 0 saturated carbocycles. The lowest BCUT2D eigenvalue weighted by molar-refractivity contribution is -0.138. The predicted molar refractivity (Wildman–Crippen MR) is 133 cm³/mol. The second kappa shape index (κ2) is 11.1. The van der Waals surface area contributed by atoms with E-state index >= 15 is 0 Å². The molecular weight excluding hydrogens is 484 g/mol. The summed E-state index contributed by atoms with van der Waals surface area (Å²) in [5.41, 5.74) is 1.20. The van der Waals surface area contributed by atoms with Crippen LogP contribution in [0.25, 0.3) is 0 Å². The van der Waals surface area contributed by atoms with Crippen molar-refractivity contribution in [3.05, 3.63) is 78.6 Å². The number of carbonyl (C=O) groups is 2. The Kier molecular flexibility index (Phi) is 7.76. The summed E-state index contributed by atoms with van der Waals surface area (Å²) in [6.45, 7) is 2.46. The molecule has 188 valence electrons. The van der Waals surface area contributed by atoms with E-state index in [0.717, 1.165) is 18.8 Å². The number of carboxylic acid groups (broad SMARTS) is 1. The molecule has 3 N–H and O–H groups in total. The lowest BCUT2D eigenvalue weighted by atomic mass is 10.1. The first-order valence-corrected chi connectivity index (χ1v) is 12.8. The third-order valence-electron chi connectivity index (χ3n) is 5.70. The van der Waals surface area contributed by atoms with Crippen LogP contribution < -0.4 is 19.8 Å². The zero-order valence-electron chi connectivity index (χ0n) is 19.3. The minimum atomic E-state index is -4.06. The molecule has 1 unspecified atom stereocenters. The molecule has 2 heterocycles. The second-order valence-corrected chi connectivity index (χ2v) is 9.82. The summed E-state index contributed by atoms with van der Waals surface area (Å²) in [4.78, 5) is 37.1. The Balaban J connectivity index is 1.36. The maximum atomic E-state index is 12.8. The number of carboxylic acids is 1. The van der Waals surface area contributed by atoms with Crippen LogP contribution >= 0.6 is 0 Å². The van der Waals surface area contributed by atoms with Gasteiger partial charge in [-0.15, -0.1) is 0 Å². The number of rotatable bonds is 9. The van der Waals surface area contributed by atoms with Crippen molar-refractivity contribution in [1.29, 1.82) is 0 Å². The minimum Gasteiger partial charge on any atom is -0.480 e. The molecule has 2 aromatic carbocycles. The van der Waals surface area contributed by atoms with Gasteiger partial charge in [0.1, 0.15) is 6.04 Å². The first-order valence-electron chi connectivity index (χ1n) is 11.3. The Labute approximate surface area is 208 Å². The van der Waals surface area contributed by atoms with Gasteiger partial charge in [0.05, 0.1) is 4.90 Å². The maximum absolute atomic E-state index is 12.8. The number of anilines is 2. The van der Waals surface area contributed by atoms with Gasteiger partial charge in [-0.2, -0.15) is 4.72 Å². The number of aromatic nitrogens is 2. The standard InChI is InChI=1S/C24H26N6O5S/c31-22(27-17-21(23(32)33)28-36(34,35)20-8-2-1-3-9-20)18-6-4-7-19(16-18)29-12-14-30(15-13-29)24-25-10-5-11-26-24/h1-11,16,21,28H,12-15,17H2,(H,27,31)(H,32,33). The van der Waals surface area contributed by atoms with E-state index in [4.69, 9.17) is 0 Å². The van der Waals surface area contributed by atoms with E-state index in [-0.39, 0.29) is 4.90 Å². The number of hydrogen-bond donors (Lipinski definition) is 3. The third-order valence-corrected chi connectivity index (χ3v) is 7.19.